The minimum Gasteiger partial charge on any atom is -0.340 e. The van der Waals surface area contributed by atoms with E-state index in [2.05, 4.69) is 4.90 Å². The van der Waals surface area contributed by atoms with E-state index in [0.29, 0.717) is 19.5 Å². The molecule has 0 aromatic heterocycles. The lowest BCUT2D eigenvalue weighted by Crippen LogP contribution is -2.50. The van der Waals surface area contributed by atoms with Crippen molar-refractivity contribution in [3.8, 4) is 0 Å². The first kappa shape index (κ1) is 14.0. The number of carbonyl (C=O) groups is 3. The molecule has 0 spiro atoms. The Morgan fingerprint density at radius 1 is 1.16 bits per heavy atom. The highest BCUT2D eigenvalue weighted by Crippen LogP contribution is 2.18. The van der Waals surface area contributed by atoms with Crippen LogP contribution in [-0.2, 0) is 14.4 Å². The zero-order valence-electron chi connectivity index (χ0n) is 11.6. The van der Waals surface area contributed by atoms with Gasteiger partial charge in [-0.3, -0.25) is 24.2 Å². The van der Waals surface area contributed by atoms with Gasteiger partial charge in [0.15, 0.2) is 0 Å². The Hall–Kier alpha value is -1.43. The van der Waals surface area contributed by atoms with Crippen LogP contribution in [0.25, 0.3) is 0 Å². The van der Waals surface area contributed by atoms with E-state index in [1.807, 2.05) is 4.90 Å². The van der Waals surface area contributed by atoms with Gasteiger partial charge in [0, 0.05) is 58.5 Å². The quantitative estimate of drug-likeness (QED) is 0.650. The van der Waals surface area contributed by atoms with E-state index in [1.54, 1.807) is 13.8 Å². The molecule has 6 heteroatoms. The van der Waals surface area contributed by atoms with Gasteiger partial charge in [0.2, 0.25) is 17.7 Å². The van der Waals surface area contributed by atoms with Crippen molar-refractivity contribution in [3.63, 3.8) is 0 Å². The van der Waals surface area contributed by atoms with Crippen molar-refractivity contribution in [2.45, 2.75) is 20.3 Å². The molecule has 2 aliphatic heterocycles. The summed E-state index contributed by atoms with van der Waals surface area (Å²) < 4.78 is 0. The third kappa shape index (κ3) is 3.12. The van der Waals surface area contributed by atoms with Crippen LogP contribution in [0.1, 0.15) is 20.3 Å². The third-order valence-electron chi connectivity index (χ3n) is 3.93. The predicted octanol–water partition coefficient (Wildman–Crippen LogP) is -0.454. The molecular formula is C13H21N3O3. The molecule has 6 nitrogen and oxygen atoms in total. The number of piperazine rings is 1. The normalized spacial score (nSPS) is 25.3. The molecule has 2 heterocycles. The van der Waals surface area contributed by atoms with Crippen LogP contribution in [0.3, 0.4) is 0 Å². The lowest BCUT2D eigenvalue weighted by molar-refractivity contribution is -0.139. The lowest BCUT2D eigenvalue weighted by Gasteiger charge is -2.34. The van der Waals surface area contributed by atoms with Gasteiger partial charge < -0.3 is 4.90 Å². The molecule has 1 unspecified atom stereocenters. The largest absolute Gasteiger partial charge is 0.340 e. The smallest absolute Gasteiger partial charge is 0.232 e. The lowest BCUT2D eigenvalue weighted by atomic mass is 10.1. The Kier molecular flexibility index (Phi) is 4.19. The molecule has 0 bridgehead atoms. The molecule has 0 aliphatic carbocycles. The van der Waals surface area contributed by atoms with Crippen molar-refractivity contribution in [2.75, 3.05) is 39.3 Å². The number of hydrogen-bond acceptors (Lipinski definition) is 4. The molecule has 0 radical (unpaired) electrons. The van der Waals surface area contributed by atoms with Gasteiger partial charge in [-0.25, -0.2) is 0 Å². The SMILES string of the molecule is CC(=O)N1CCN(CCN2C(=O)CC(C)C2=O)CC1. The second-order valence-electron chi connectivity index (χ2n) is 5.34. The van der Waals surface area contributed by atoms with Gasteiger partial charge >= 0.3 is 0 Å². The van der Waals surface area contributed by atoms with Gasteiger partial charge in [-0.05, 0) is 0 Å². The van der Waals surface area contributed by atoms with E-state index in [0.717, 1.165) is 26.2 Å². The van der Waals surface area contributed by atoms with Crippen LogP contribution >= 0.6 is 0 Å². The van der Waals surface area contributed by atoms with Crippen LogP contribution in [0.2, 0.25) is 0 Å². The Labute approximate surface area is 113 Å². The first-order valence-electron chi connectivity index (χ1n) is 6.81. The highest BCUT2D eigenvalue weighted by Gasteiger charge is 2.35. The molecule has 2 aliphatic rings. The highest BCUT2D eigenvalue weighted by atomic mass is 16.2. The number of amides is 3. The molecule has 2 rings (SSSR count). The standard InChI is InChI=1S/C13H21N3O3/c1-10-9-12(18)16(13(10)19)8-5-14-3-6-15(7-4-14)11(2)17/h10H,3-9H2,1-2H3. The molecule has 2 fully saturated rings. The van der Waals surface area contributed by atoms with Gasteiger partial charge in [-0.2, -0.15) is 0 Å². The van der Waals surface area contributed by atoms with Crippen molar-refractivity contribution in [1.29, 1.82) is 0 Å². The van der Waals surface area contributed by atoms with Crippen molar-refractivity contribution in [3.05, 3.63) is 0 Å². The maximum Gasteiger partial charge on any atom is 0.232 e. The van der Waals surface area contributed by atoms with Gasteiger partial charge in [-0.1, -0.05) is 6.92 Å². The molecule has 0 N–H and O–H groups in total. The number of imide groups is 1. The second-order valence-corrected chi connectivity index (χ2v) is 5.34. The Morgan fingerprint density at radius 2 is 1.79 bits per heavy atom. The maximum atomic E-state index is 11.8. The molecule has 1 atom stereocenters. The minimum absolute atomic E-state index is 0.0487. The molecule has 0 aromatic carbocycles. The van der Waals surface area contributed by atoms with E-state index in [1.165, 1.54) is 4.90 Å². The van der Waals surface area contributed by atoms with Crippen molar-refractivity contribution >= 4 is 17.7 Å². The van der Waals surface area contributed by atoms with Crippen LogP contribution < -0.4 is 0 Å². The molecule has 3 amide bonds. The Bertz CT molecular complexity index is 389. The molecular weight excluding hydrogens is 246 g/mol. The molecule has 19 heavy (non-hydrogen) atoms. The van der Waals surface area contributed by atoms with E-state index in [-0.39, 0.29) is 23.6 Å². The molecule has 0 aromatic rings. The first-order valence-corrected chi connectivity index (χ1v) is 6.81. The third-order valence-corrected chi connectivity index (χ3v) is 3.93. The van der Waals surface area contributed by atoms with E-state index >= 15 is 0 Å². The van der Waals surface area contributed by atoms with Crippen LogP contribution in [0.5, 0.6) is 0 Å². The highest BCUT2D eigenvalue weighted by molar-refractivity contribution is 6.03. The zero-order chi connectivity index (χ0) is 14.0. The molecule has 2 saturated heterocycles. The minimum atomic E-state index is -0.165. The predicted molar refractivity (Wildman–Crippen MR) is 69.2 cm³/mol. The summed E-state index contributed by atoms with van der Waals surface area (Å²) >= 11 is 0. The zero-order valence-corrected chi connectivity index (χ0v) is 11.6. The van der Waals surface area contributed by atoms with Gasteiger partial charge in [0.1, 0.15) is 0 Å². The average molecular weight is 267 g/mol. The van der Waals surface area contributed by atoms with E-state index in [9.17, 15) is 14.4 Å². The van der Waals surface area contributed by atoms with Gasteiger partial charge in [0.05, 0.1) is 0 Å². The fourth-order valence-corrected chi connectivity index (χ4v) is 2.61. The summed E-state index contributed by atoms with van der Waals surface area (Å²) in [5, 5.41) is 0. The van der Waals surface area contributed by atoms with Crippen LogP contribution in [0.4, 0.5) is 0 Å². The maximum absolute atomic E-state index is 11.8. The summed E-state index contributed by atoms with van der Waals surface area (Å²) in [6.45, 7) is 7.64. The van der Waals surface area contributed by atoms with Crippen molar-refractivity contribution in [1.82, 2.24) is 14.7 Å². The second kappa shape index (κ2) is 5.69. The van der Waals surface area contributed by atoms with Crippen LogP contribution in [0.15, 0.2) is 0 Å². The number of rotatable bonds is 3. The summed E-state index contributed by atoms with van der Waals surface area (Å²) in [4.78, 5) is 40.0. The summed E-state index contributed by atoms with van der Waals surface area (Å²) in [6.07, 6.45) is 0.344. The molecule has 0 saturated carbocycles. The number of carbonyl (C=O) groups excluding carboxylic acids is 3. The summed E-state index contributed by atoms with van der Waals surface area (Å²) in [5.74, 6) is -0.160. The number of likely N-dealkylation sites (tertiary alicyclic amines) is 1. The molecule has 106 valence electrons. The summed E-state index contributed by atoms with van der Waals surface area (Å²) in [6, 6.07) is 0. The number of nitrogens with zero attached hydrogens (tertiary/aromatic N) is 3. The van der Waals surface area contributed by atoms with Crippen LogP contribution in [0, 0.1) is 5.92 Å². The first-order chi connectivity index (χ1) is 8.99. The van der Waals surface area contributed by atoms with Crippen molar-refractivity contribution < 1.29 is 14.4 Å². The van der Waals surface area contributed by atoms with Gasteiger partial charge in [0.25, 0.3) is 0 Å². The topological polar surface area (TPSA) is 60.9 Å². The Morgan fingerprint density at radius 3 is 2.26 bits per heavy atom. The van der Waals surface area contributed by atoms with Gasteiger partial charge in [-0.15, -0.1) is 0 Å². The monoisotopic (exact) mass is 267 g/mol. The van der Waals surface area contributed by atoms with E-state index < -0.39 is 0 Å². The van der Waals surface area contributed by atoms with Crippen LogP contribution in [-0.4, -0.2) is 71.7 Å². The van der Waals surface area contributed by atoms with E-state index in [4.69, 9.17) is 0 Å². The average Bonchev–Trinajstić information content (AvgIpc) is 2.62. The van der Waals surface area contributed by atoms with Crippen molar-refractivity contribution in [2.24, 2.45) is 5.92 Å². The number of hydrogen-bond donors (Lipinski definition) is 0. The fourth-order valence-electron chi connectivity index (χ4n) is 2.61. The Balaban J connectivity index is 1.77. The fraction of sp³-hybridized carbons (Fsp3) is 0.769. The summed E-state index contributed by atoms with van der Waals surface area (Å²) in [5.41, 5.74) is 0. The summed E-state index contributed by atoms with van der Waals surface area (Å²) in [7, 11) is 0.